The van der Waals surface area contributed by atoms with Crippen molar-refractivity contribution in [2.24, 2.45) is 0 Å². The van der Waals surface area contributed by atoms with E-state index in [1.165, 1.54) is 47.1 Å². The fourth-order valence-electron chi connectivity index (χ4n) is 3.41. The molecule has 174 valence electrons. The number of aryl methyl sites for hydroxylation is 1. The van der Waals surface area contributed by atoms with E-state index < -0.39 is 29.4 Å². The van der Waals surface area contributed by atoms with Crippen molar-refractivity contribution in [2.75, 3.05) is 5.32 Å². The number of ether oxygens (including phenoxy) is 1. The van der Waals surface area contributed by atoms with Crippen LogP contribution in [-0.4, -0.2) is 26.1 Å². The van der Waals surface area contributed by atoms with E-state index in [2.05, 4.69) is 20.8 Å². The fraction of sp³-hybridized carbons (Fsp3) is 0.167. The quantitative estimate of drug-likeness (QED) is 0.415. The highest BCUT2D eigenvalue weighted by molar-refractivity contribution is 5.94. The second kappa shape index (κ2) is 10.2. The van der Waals surface area contributed by atoms with Crippen LogP contribution in [0.15, 0.2) is 66.7 Å². The van der Waals surface area contributed by atoms with Crippen LogP contribution in [0.3, 0.4) is 0 Å². The number of benzene rings is 3. The Morgan fingerprint density at radius 1 is 1.00 bits per heavy atom. The third-order valence-electron chi connectivity index (χ3n) is 5.06. The summed E-state index contributed by atoms with van der Waals surface area (Å²) in [6, 6.07) is 14.7. The third-order valence-corrected chi connectivity index (χ3v) is 5.06. The van der Waals surface area contributed by atoms with Gasteiger partial charge in [-0.15, -0.1) is 5.10 Å². The largest absolute Gasteiger partial charge is 0.486 e. The molecular formula is C24H20F3N5O2. The molecule has 3 aromatic carbocycles. The van der Waals surface area contributed by atoms with Crippen LogP contribution in [0.5, 0.6) is 5.75 Å². The van der Waals surface area contributed by atoms with Crippen molar-refractivity contribution in [3.8, 4) is 5.75 Å². The molecule has 34 heavy (non-hydrogen) atoms. The minimum absolute atomic E-state index is 0.0192. The number of amides is 1. The molecule has 0 aliphatic heterocycles. The van der Waals surface area contributed by atoms with E-state index in [1.54, 1.807) is 25.1 Å². The van der Waals surface area contributed by atoms with Gasteiger partial charge in [0.25, 0.3) is 0 Å². The van der Waals surface area contributed by atoms with Crippen LogP contribution in [0.1, 0.15) is 23.0 Å². The predicted molar refractivity (Wildman–Crippen MR) is 117 cm³/mol. The van der Waals surface area contributed by atoms with Gasteiger partial charge in [0.05, 0.1) is 0 Å². The van der Waals surface area contributed by atoms with Crippen molar-refractivity contribution < 1.29 is 22.7 Å². The van der Waals surface area contributed by atoms with Crippen LogP contribution < -0.4 is 10.1 Å². The molecule has 0 spiro atoms. The number of anilines is 1. The Morgan fingerprint density at radius 3 is 2.35 bits per heavy atom. The summed E-state index contributed by atoms with van der Waals surface area (Å²) in [5.41, 5.74) is 1.31. The maximum absolute atomic E-state index is 14.6. The lowest BCUT2D eigenvalue weighted by Gasteiger charge is -2.18. The molecule has 4 aromatic rings. The molecule has 10 heteroatoms. The molecular weight excluding hydrogens is 447 g/mol. The number of carbonyl (C=O) groups excluding carboxylic acids is 1. The van der Waals surface area contributed by atoms with Crippen molar-refractivity contribution in [3.05, 3.63) is 101 Å². The zero-order valence-electron chi connectivity index (χ0n) is 18.1. The van der Waals surface area contributed by atoms with Crippen LogP contribution >= 0.6 is 0 Å². The van der Waals surface area contributed by atoms with Crippen LogP contribution in [-0.2, 0) is 17.8 Å². The average Bonchev–Trinajstić information content (AvgIpc) is 3.22. The van der Waals surface area contributed by atoms with Crippen molar-refractivity contribution >= 4 is 11.6 Å². The van der Waals surface area contributed by atoms with Gasteiger partial charge in [-0.2, -0.15) is 0 Å². The average molecular weight is 467 g/mol. The highest BCUT2D eigenvalue weighted by Crippen LogP contribution is 2.24. The summed E-state index contributed by atoms with van der Waals surface area (Å²) in [5, 5.41) is 13.9. The van der Waals surface area contributed by atoms with E-state index in [4.69, 9.17) is 4.74 Å². The number of tetrazole rings is 1. The van der Waals surface area contributed by atoms with Gasteiger partial charge in [-0.1, -0.05) is 24.3 Å². The smallest absolute Gasteiger partial charge is 0.249 e. The maximum atomic E-state index is 14.6. The minimum Gasteiger partial charge on any atom is -0.486 e. The summed E-state index contributed by atoms with van der Waals surface area (Å²) < 4.78 is 48.3. The lowest BCUT2D eigenvalue weighted by Crippen LogP contribution is -2.29. The lowest BCUT2D eigenvalue weighted by atomic mass is 10.0. The summed E-state index contributed by atoms with van der Waals surface area (Å²) in [6.45, 7) is 1.62. The Labute approximate surface area is 193 Å². The second-order valence-corrected chi connectivity index (χ2v) is 7.57. The molecule has 0 aliphatic carbocycles. The molecule has 1 unspecified atom stereocenters. The topological polar surface area (TPSA) is 81.9 Å². The van der Waals surface area contributed by atoms with Gasteiger partial charge in [-0.25, -0.2) is 17.9 Å². The van der Waals surface area contributed by atoms with Crippen LogP contribution in [0, 0.1) is 24.4 Å². The number of halogens is 3. The van der Waals surface area contributed by atoms with E-state index in [9.17, 15) is 18.0 Å². The molecule has 1 heterocycles. The second-order valence-electron chi connectivity index (χ2n) is 7.57. The summed E-state index contributed by atoms with van der Waals surface area (Å²) >= 11 is 0. The molecule has 1 N–H and O–H groups in total. The van der Waals surface area contributed by atoms with Crippen LogP contribution in [0.25, 0.3) is 0 Å². The molecule has 0 saturated carbocycles. The predicted octanol–water partition coefficient (Wildman–Crippen LogP) is 4.40. The molecule has 0 radical (unpaired) electrons. The first kappa shape index (κ1) is 23.0. The molecule has 1 amide bonds. The maximum Gasteiger partial charge on any atom is 0.249 e. The standard InChI is InChI=1S/C24H20F3N5O2/c1-15-29-30-31-32(15)22(12-16-4-2-6-18(25)10-16)24(33)28-20-8-9-23(21(27)13-20)34-14-17-5-3-7-19(26)11-17/h2-11,13,22H,12,14H2,1H3,(H,28,33). The first-order valence-corrected chi connectivity index (χ1v) is 10.4. The van der Waals surface area contributed by atoms with E-state index in [0.717, 1.165) is 6.07 Å². The van der Waals surface area contributed by atoms with Gasteiger partial charge < -0.3 is 10.1 Å². The van der Waals surface area contributed by atoms with Crippen LogP contribution in [0.4, 0.5) is 18.9 Å². The number of nitrogens with zero attached hydrogens (tertiary/aromatic N) is 4. The highest BCUT2D eigenvalue weighted by atomic mass is 19.1. The molecule has 7 nitrogen and oxygen atoms in total. The van der Waals surface area contributed by atoms with Crippen LogP contribution in [0.2, 0.25) is 0 Å². The zero-order chi connectivity index (χ0) is 24.1. The Balaban J connectivity index is 1.48. The molecule has 4 rings (SSSR count). The minimum atomic E-state index is -0.899. The van der Waals surface area contributed by atoms with Crippen molar-refractivity contribution in [2.45, 2.75) is 26.0 Å². The monoisotopic (exact) mass is 467 g/mol. The summed E-state index contributed by atoms with van der Waals surface area (Å²) in [5.74, 6) is -1.70. The number of aromatic nitrogens is 4. The first-order chi connectivity index (χ1) is 16.4. The Kier molecular flexibility index (Phi) is 6.86. The van der Waals surface area contributed by atoms with Gasteiger partial charge in [-0.05, 0) is 64.9 Å². The Hall–Kier alpha value is -4.21. The lowest BCUT2D eigenvalue weighted by molar-refractivity contribution is -0.119. The van der Waals surface area contributed by atoms with E-state index in [-0.39, 0.29) is 24.5 Å². The summed E-state index contributed by atoms with van der Waals surface area (Å²) in [7, 11) is 0. The Bertz CT molecular complexity index is 1310. The molecule has 0 fully saturated rings. The number of hydrogen-bond acceptors (Lipinski definition) is 5. The summed E-state index contributed by atoms with van der Waals surface area (Å²) in [4.78, 5) is 13.1. The first-order valence-electron chi connectivity index (χ1n) is 10.4. The van der Waals surface area contributed by atoms with Gasteiger partial charge in [0.15, 0.2) is 11.6 Å². The SMILES string of the molecule is Cc1nnnn1C(Cc1cccc(F)c1)C(=O)Nc1ccc(OCc2cccc(F)c2)c(F)c1. The molecule has 0 aliphatic rings. The van der Waals surface area contributed by atoms with Gasteiger partial charge >= 0.3 is 0 Å². The van der Waals surface area contributed by atoms with Gasteiger partial charge in [-0.3, -0.25) is 4.79 Å². The Morgan fingerprint density at radius 2 is 1.71 bits per heavy atom. The molecule has 0 bridgehead atoms. The van der Waals surface area contributed by atoms with Gasteiger partial charge in [0.1, 0.15) is 30.1 Å². The third kappa shape index (κ3) is 5.58. The van der Waals surface area contributed by atoms with Crippen molar-refractivity contribution in [3.63, 3.8) is 0 Å². The molecule has 1 atom stereocenters. The van der Waals surface area contributed by atoms with Crippen molar-refractivity contribution in [1.29, 1.82) is 0 Å². The van der Waals surface area contributed by atoms with E-state index >= 15 is 0 Å². The van der Waals surface area contributed by atoms with E-state index in [1.807, 2.05) is 0 Å². The zero-order valence-corrected chi connectivity index (χ0v) is 18.1. The number of carbonyl (C=O) groups is 1. The molecule has 0 saturated heterocycles. The number of nitrogens with one attached hydrogen (secondary N) is 1. The normalized spacial score (nSPS) is 11.8. The van der Waals surface area contributed by atoms with Gasteiger partial charge in [0.2, 0.25) is 5.91 Å². The summed E-state index contributed by atoms with van der Waals surface area (Å²) in [6.07, 6.45) is 0.118. The number of rotatable bonds is 8. The van der Waals surface area contributed by atoms with Crippen molar-refractivity contribution in [1.82, 2.24) is 20.2 Å². The van der Waals surface area contributed by atoms with Gasteiger partial charge in [0, 0.05) is 18.2 Å². The molecule has 1 aromatic heterocycles. The number of hydrogen-bond donors (Lipinski definition) is 1. The highest BCUT2D eigenvalue weighted by Gasteiger charge is 2.25. The fourth-order valence-corrected chi connectivity index (χ4v) is 3.41. The van der Waals surface area contributed by atoms with E-state index in [0.29, 0.717) is 17.0 Å².